The van der Waals surface area contributed by atoms with Gasteiger partial charge in [0, 0.05) is 37.2 Å². The van der Waals surface area contributed by atoms with Crippen LogP contribution >= 0.6 is 0 Å². The number of nitrogens with one attached hydrogen (secondary N) is 1. The summed E-state index contributed by atoms with van der Waals surface area (Å²) in [7, 11) is -3.69. The number of rotatable bonds is 5. The lowest BCUT2D eigenvalue weighted by molar-refractivity contribution is -0.137. The minimum absolute atomic E-state index is 0.0520. The molecule has 0 spiro atoms. The van der Waals surface area contributed by atoms with Crippen LogP contribution in [0.2, 0.25) is 0 Å². The second-order valence-electron chi connectivity index (χ2n) is 9.38. The standard InChI is InChI=1S/C20H26F3N3O3S/c1-18(2)13-5-7-19(18,16(27)9-13)12-30(28,29)25-15-6-8-26(11-15)17-4-3-14(10-24-17)20(21,22)23/h3-4,10,13,15,25H,5-9,11-12H2,1-2H3/t13-,15?,19+/m1/s1. The number of hydrogen-bond acceptors (Lipinski definition) is 5. The third-order valence-electron chi connectivity index (χ3n) is 7.51. The lowest BCUT2D eigenvalue weighted by atomic mass is 9.70. The van der Waals surface area contributed by atoms with E-state index < -0.39 is 27.2 Å². The topological polar surface area (TPSA) is 79.4 Å². The average molecular weight is 446 g/mol. The zero-order valence-corrected chi connectivity index (χ0v) is 17.8. The second-order valence-corrected chi connectivity index (χ2v) is 11.1. The van der Waals surface area contributed by atoms with Gasteiger partial charge in [-0.05, 0) is 42.7 Å². The van der Waals surface area contributed by atoms with Crippen molar-refractivity contribution in [3.63, 3.8) is 0 Å². The van der Waals surface area contributed by atoms with Gasteiger partial charge in [0.15, 0.2) is 0 Å². The molecule has 3 atom stereocenters. The molecule has 1 saturated heterocycles. The largest absolute Gasteiger partial charge is 0.417 e. The Balaban J connectivity index is 1.41. The number of aromatic nitrogens is 1. The van der Waals surface area contributed by atoms with Crippen LogP contribution in [0.1, 0.15) is 45.1 Å². The highest BCUT2D eigenvalue weighted by atomic mass is 32.2. The second kappa shape index (κ2) is 6.91. The predicted molar refractivity (Wildman–Crippen MR) is 105 cm³/mol. The Morgan fingerprint density at radius 2 is 2.00 bits per heavy atom. The Labute approximate surface area is 174 Å². The van der Waals surface area contributed by atoms with Crippen molar-refractivity contribution in [2.45, 2.75) is 51.7 Å². The molecule has 4 rings (SSSR count). The Bertz CT molecular complexity index is 946. The maximum absolute atomic E-state index is 12.9. The van der Waals surface area contributed by atoms with Crippen LogP contribution in [0.5, 0.6) is 0 Å². The summed E-state index contributed by atoms with van der Waals surface area (Å²) in [6.07, 6.45) is -1.19. The van der Waals surface area contributed by atoms with Gasteiger partial charge in [-0.1, -0.05) is 13.8 Å². The van der Waals surface area contributed by atoms with E-state index in [1.54, 1.807) is 4.90 Å². The van der Waals surface area contributed by atoms with Crippen molar-refractivity contribution in [2.24, 2.45) is 16.7 Å². The molecule has 166 valence electrons. The molecular weight excluding hydrogens is 419 g/mol. The summed E-state index contributed by atoms with van der Waals surface area (Å²) in [5, 5.41) is 0. The van der Waals surface area contributed by atoms with E-state index in [1.807, 2.05) is 13.8 Å². The number of sulfonamides is 1. The van der Waals surface area contributed by atoms with E-state index in [2.05, 4.69) is 9.71 Å². The van der Waals surface area contributed by atoms with Gasteiger partial charge in [-0.15, -0.1) is 0 Å². The number of nitrogens with zero attached hydrogens (tertiary/aromatic N) is 2. The van der Waals surface area contributed by atoms with Crippen molar-refractivity contribution >= 4 is 21.6 Å². The van der Waals surface area contributed by atoms with Gasteiger partial charge in [-0.2, -0.15) is 13.2 Å². The molecule has 2 saturated carbocycles. The van der Waals surface area contributed by atoms with Crippen LogP contribution in [0.25, 0.3) is 0 Å². The first-order valence-corrected chi connectivity index (χ1v) is 11.8. The SMILES string of the molecule is CC1(C)[C@@H]2CC[C@]1(CS(=O)(=O)NC1CCN(c3ccc(C(F)(F)F)cn3)C1)C(=O)C2. The van der Waals surface area contributed by atoms with E-state index in [4.69, 9.17) is 0 Å². The molecule has 1 aromatic heterocycles. The summed E-state index contributed by atoms with van der Waals surface area (Å²) >= 11 is 0. The van der Waals surface area contributed by atoms with Gasteiger partial charge in [-0.25, -0.2) is 18.1 Å². The number of alkyl halides is 3. The molecule has 1 aromatic rings. The predicted octanol–water partition coefficient (Wildman–Crippen LogP) is 2.99. The fraction of sp³-hybridized carbons (Fsp3) is 0.700. The van der Waals surface area contributed by atoms with Crippen molar-refractivity contribution in [1.29, 1.82) is 0 Å². The Hall–Kier alpha value is -1.68. The number of Topliss-reactive ketones (excluding diaryl/α,β-unsaturated/α-hetero) is 1. The maximum atomic E-state index is 12.9. The molecule has 3 aliphatic rings. The molecule has 10 heteroatoms. The quantitative estimate of drug-likeness (QED) is 0.754. The van der Waals surface area contributed by atoms with Gasteiger partial charge in [-0.3, -0.25) is 4.79 Å². The van der Waals surface area contributed by atoms with Gasteiger partial charge >= 0.3 is 6.18 Å². The third-order valence-corrected chi connectivity index (χ3v) is 9.07. The number of anilines is 1. The summed E-state index contributed by atoms with van der Waals surface area (Å²) in [5.74, 6) is 0.482. The van der Waals surface area contributed by atoms with Crippen molar-refractivity contribution in [1.82, 2.24) is 9.71 Å². The number of hydrogen-bond donors (Lipinski definition) is 1. The minimum Gasteiger partial charge on any atom is -0.355 e. The zero-order chi connectivity index (χ0) is 21.9. The molecule has 2 bridgehead atoms. The number of pyridine rings is 1. The first-order chi connectivity index (χ1) is 13.8. The van der Waals surface area contributed by atoms with Gasteiger partial charge in [0.25, 0.3) is 0 Å². The summed E-state index contributed by atoms with van der Waals surface area (Å²) in [4.78, 5) is 18.3. The molecule has 1 N–H and O–H groups in total. The van der Waals surface area contributed by atoms with Crippen LogP contribution in [0.3, 0.4) is 0 Å². The minimum atomic E-state index is -4.45. The molecule has 3 fully saturated rings. The van der Waals surface area contributed by atoms with Gasteiger partial charge in [0.2, 0.25) is 10.0 Å². The van der Waals surface area contributed by atoms with Gasteiger partial charge in [0.1, 0.15) is 11.6 Å². The number of halogens is 3. The van der Waals surface area contributed by atoms with Crippen LogP contribution in [-0.4, -0.2) is 44.1 Å². The molecule has 30 heavy (non-hydrogen) atoms. The fourth-order valence-electron chi connectivity index (χ4n) is 5.53. The van der Waals surface area contributed by atoms with Crippen molar-refractivity contribution in [2.75, 3.05) is 23.7 Å². The van der Waals surface area contributed by atoms with E-state index in [0.29, 0.717) is 38.2 Å². The molecule has 6 nitrogen and oxygen atoms in total. The molecule has 0 radical (unpaired) electrons. The molecule has 2 heterocycles. The van der Waals surface area contributed by atoms with Crippen LogP contribution in [0.15, 0.2) is 18.3 Å². The Kier molecular flexibility index (Phi) is 4.97. The molecule has 0 aromatic carbocycles. The normalized spacial score (nSPS) is 31.0. The van der Waals surface area contributed by atoms with Crippen LogP contribution in [0.4, 0.5) is 19.0 Å². The first-order valence-electron chi connectivity index (χ1n) is 10.2. The molecule has 2 aliphatic carbocycles. The fourth-order valence-corrected chi connectivity index (χ4v) is 7.64. The van der Waals surface area contributed by atoms with Crippen molar-refractivity contribution in [3.8, 4) is 0 Å². The molecular formula is C20H26F3N3O3S. The maximum Gasteiger partial charge on any atom is 0.417 e. The molecule has 1 aliphatic heterocycles. The molecule has 1 unspecified atom stereocenters. The smallest absolute Gasteiger partial charge is 0.355 e. The summed E-state index contributed by atoms with van der Waals surface area (Å²) in [5.41, 5.74) is -1.97. The van der Waals surface area contributed by atoms with Gasteiger partial charge < -0.3 is 4.90 Å². The lowest BCUT2D eigenvalue weighted by Gasteiger charge is -2.36. The number of fused-ring (bicyclic) bond motifs is 2. The summed E-state index contributed by atoms with van der Waals surface area (Å²) in [6.45, 7) is 4.81. The van der Waals surface area contributed by atoms with E-state index >= 15 is 0 Å². The average Bonchev–Trinajstić information content (AvgIpc) is 3.23. The first kappa shape index (κ1) is 21.5. The Morgan fingerprint density at radius 3 is 2.53 bits per heavy atom. The van der Waals surface area contributed by atoms with Crippen molar-refractivity contribution in [3.05, 3.63) is 23.9 Å². The highest BCUT2D eigenvalue weighted by molar-refractivity contribution is 7.89. The highest BCUT2D eigenvalue weighted by Crippen LogP contribution is 2.64. The van der Waals surface area contributed by atoms with Crippen LogP contribution < -0.4 is 9.62 Å². The zero-order valence-electron chi connectivity index (χ0n) is 17.0. The third kappa shape index (κ3) is 3.51. The van der Waals surface area contributed by atoms with Gasteiger partial charge in [0.05, 0.1) is 11.3 Å². The van der Waals surface area contributed by atoms with Crippen molar-refractivity contribution < 1.29 is 26.4 Å². The van der Waals surface area contributed by atoms with E-state index in [1.165, 1.54) is 6.07 Å². The summed E-state index contributed by atoms with van der Waals surface area (Å²) in [6, 6.07) is 1.91. The number of carbonyl (C=O) groups excluding carboxylic acids is 1. The Morgan fingerprint density at radius 1 is 1.27 bits per heavy atom. The molecule has 0 amide bonds. The summed E-state index contributed by atoms with van der Waals surface area (Å²) < 4.78 is 66.7. The van der Waals surface area contributed by atoms with E-state index in [9.17, 15) is 26.4 Å². The van der Waals surface area contributed by atoms with Crippen LogP contribution in [0, 0.1) is 16.7 Å². The number of carbonyl (C=O) groups is 1. The monoisotopic (exact) mass is 445 g/mol. The van der Waals surface area contributed by atoms with E-state index in [0.717, 1.165) is 18.7 Å². The van der Waals surface area contributed by atoms with E-state index in [-0.39, 0.29) is 28.9 Å². The van der Waals surface area contributed by atoms with Crippen LogP contribution in [-0.2, 0) is 21.0 Å². The lowest BCUT2D eigenvalue weighted by Crippen LogP contribution is -2.47. The number of ketones is 1. The highest BCUT2D eigenvalue weighted by Gasteiger charge is 2.65.